The minimum absolute atomic E-state index is 0.00479. The Morgan fingerprint density at radius 3 is 2.54 bits per heavy atom. The Kier molecular flexibility index (Phi) is 5.61. The van der Waals surface area contributed by atoms with Crippen molar-refractivity contribution in [3.05, 3.63) is 23.8 Å². The molecule has 1 aromatic rings. The Hall–Kier alpha value is -1.93. The van der Waals surface area contributed by atoms with Gasteiger partial charge in [0.15, 0.2) is 0 Å². The number of carbonyl (C=O) groups is 2. The van der Waals surface area contributed by atoms with E-state index in [1.807, 2.05) is 0 Å². The van der Waals surface area contributed by atoms with Gasteiger partial charge in [0, 0.05) is 18.7 Å². The maximum absolute atomic E-state index is 12.7. The molecule has 1 saturated carbocycles. The molecular weight excluding hydrogens is 332 g/mol. The van der Waals surface area contributed by atoms with Crippen molar-refractivity contribution < 1.29 is 22.7 Å². The minimum atomic E-state index is -3.82. The zero-order valence-electron chi connectivity index (χ0n) is 14.0. The van der Waals surface area contributed by atoms with Crippen molar-refractivity contribution in [2.75, 3.05) is 12.4 Å². The number of methoxy groups -OCH3 is 1. The van der Waals surface area contributed by atoms with Crippen LogP contribution in [0.25, 0.3) is 0 Å². The Bertz CT molecular complexity index is 741. The first-order chi connectivity index (χ1) is 11.2. The van der Waals surface area contributed by atoms with Crippen LogP contribution in [0.15, 0.2) is 23.1 Å². The Balaban J connectivity index is 2.25. The summed E-state index contributed by atoms with van der Waals surface area (Å²) in [6.45, 7) is 3.03. The maximum Gasteiger partial charge on any atom is 0.307 e. The van der Waals surface area contributed by atoms with Crippen molar-refractivity contribution >= 4 is 27.6 Å². The van der Waals surface area contributed by atoms with Crippen LogP contribution in [-0.4, -0.2) is 33.4 Å². The van der Waals surface area contributed by atoms with Crippen molar-refractivity contribution in [2.24, 2.45) is 5.92 Å². The molecule has 1 amide bonds. The number of esters is 1. The monoisotopic (exact) mass is 354 g/mol. The molecule has 1 atom stereocenters. The summed E-state index contributed by atoms with van der Waals surface area (Å²) in [4.78, 5) is 22.8. The van der Waals surface area contributed by atoms with Gasteiger partial charge in [-0.15, -0.1) is 0 Å². The van der Waals surface area contributed by atoms with Crippen LogP contribution in [0.3, 0.4) is 0 Å². The summed E-state index contributed by atoms with van der Waals surface area (Å²) in [7, 11) is -2.54. The topological polar surface area (TPSA) is 102 Å². The van der Waals surface area contributed by atoms with Crippen LogP contribution >= 0.6 is 0 Å². The molecule has 1 aliphatic carbocycles. The average molecular weight is 354 g/mol. The van der Waals surface area contributed by atoms with Gasteiger partial charge in [0.25, 0.3) is 0 Å². The SMILES string of the molecule is COC(=O)CC(NS(=O)(=O)c1cc(NC(C)=O)ccc1C)C1CC1. The molecule has 24 heavy (non-hydrogen) atoms. The predicted octanol–water partition coefficient (Wildman–Crippen LogP) is 1.57. The van der Waals surface area contributed by atoms with E-state index in [0.717, 1.165) is 12.8 Å². The molecule has 8 heteroatoms. The summed E-state index contributed by atoms with van der Waals surface area (Å²) >= 11 is 0. The number of ether oxygens (including phenoxy) is 1. The molecule has 1 fully saturated rings. The fourth-order valence-electron chi connectivity index (χ4n) is 2.50. The molecule has 2 N–H and O–H groups in total. The molecule has 1 unspecified atom stereocenters. The Morgan fingerprint density at radius 1 is 1.33 bits per heavy atom. The Labute approximate surface area is 141 Å². The van der Waals surface area contributed by atoms with Crippen molar-refractivity contribution in [3.8, 4) is 0 Å². The van der Waals surface area contributed by atoms with Gasteiger partial charge in [-0.05, 0) is 43.4 Å². The van der Waals surface area contributed by atoms with E-state index in [4.69, 9.17) is 0 Å². The molecule has 7 nitrogen and oxygen atoms in total. The molecule has 0 bridgehead atoms. The molecule has 0 aromatic heterocycles. The lowest BCUT2D eigenvalue weighted by atomic mass is 10.1. The number of carbonyl (C=O) groups excluding carboxylic acids is 2. The lowest BCUT2D eigenvalue weighted by Gasteiger charge is -2.18. The third kappa shape index (κ3) is 4.78. The number of nitrogens with one attached hydrogen (secondary N) is 2. The number of amides is 1. The van der Waals surface area contributed by atoms with Gasteiger partial charge in [0.05, 0.1) is 18.4 Å². The normalized spacial score (nSPS) is 15.6. The van der Waals surface area contributed by atoms with Crippen LogP contribution in [-0.2, 0) is 24.3 Å². The summed E-state index contributed by atoms with van der Waals surface area (Å²) < 4.78 is 32.7. The second-order valence-corrected chi connectivity index (χ2v) is 7.69. The van der Waals surface area contributed by atoms with E-state index in [2.05, 4.69) is 14.8 Å². The molecule has 1 aromatic carbocycles. The maximum atomic E-state index is 12.7. The number of anilines is 1. The van der Waals surface area contributed by atoms with Gasteiger partial charge in [-0.1, -0.05) is 6.07 Å². The van der Waals surface area contributed by atoms with Crippen molar-refractivity contribution in [1.29, 1.82) is 0 Å². The molecule has 0 saturated heterocycles. The lowest BCUT2D eigenvalue weighted by molar-refractivity contribution is -0.141. The number of benzene rings is 1. The van der Waals surface area contributed by atoms with Crippen molar-refractivity contribution in [3.63, 3.8) is 0 Å². The first-order valence-electron chi connectivity index (χ1n) is 7.70. The average Bonchev–Trinajstić information content (AvgIpc) is 3.32. The van der Waals surface area contributed by atoms with Gasteiger partial charge in [0.1, 0.15) is 0 Å². The highest BCUT2D eigenvalue weighted by molar-refractivity contribution is 7.89. The van der Waals surface area contributed by atoms with E-state index in [-0.39, 0.29) is 23.1 Å². The van der Waals surface area contributed by atoms with Gasteiger partial charge in [-0.2, -0.15) is 0 Å². The molecule has 0 radical (unpaired) electrons. The van der Waals surface area contributed by atoms with E-state index < -0.39 is 22.0 Å². The molecule has 132 valence electrons. The summed E-state index contributed by atoms with van der Waals surface area (Å²) in [6.07, 6.45) is 1.77. The van der Waals surface area contributed by atoms with Crippen LogP contribution in [0.2, 0.25) is 0 Å². The predicted molar refractivity (Wildman–Crippen MR) is 88.9 cm³/mol. The largest absolute Gasteiger partial charge is 0.469 e. The molecule has 1 aliphatic rings. The van der Waals surface area contributed by atoms with Crippen LogP contribution in [0.5, 0.6) is 0 Å². The number of aryl methyl sites for hydroxylation is 1. The van der Waals surface area contributed by atoms with Crippen LogP contribution in [0.1, 0.15) is 31.7 Å². The highest BCUT2D eigenvalue weighted by atomic mass is 32.2. The summed E-state index contributed by atoms with van der Waals surface area (Å²) in [5.74, 6) is -0.576. The van der Waals surface area contributed by atoms with Gasteiger partial charge in [-0.25, -0.2) is 13.1 Å². The van der Waals surface area contributed by atoms with Gasteiger partial charge >= 0.3 is 5.97 Å². The smallest absolute Gasteiger partial charge is 0.307 e. The second kappa shape index (κ2) is 7.31. The van der Waals surface area contributed by atoms with Gasteiger partial charge in [0.2, 0.25) is 15.9 Å². The molecular formula is C16H22N2O5S. The molecule has 2 rings (SSSR count). The zero-order valence-corrected chi connectivity index (χ0v) is 14.8. The number of hydrogen-bond donors (Lipinski definition) is 2. The third-order valence-corrected chi connectivity index (χ3v) is 5.54. The van der Waals surface area contributed by atoms with Crippen LogP contribution in [0, 0.1) is 12.8 Å². The van der Waals surface area contributed by atoms with Crippen LogP contribution in [0.4, 0.5) is 5.69 Å². The third-order valence-electron chi connectivity index (χ3n) is 3.91. The highest BCUT2D eigenvalue weighted by Gasteiger charge is 2.36. The van der Waals surface area contributed by atoms with E-state index >= 15 is 0 Å². The summed E-state index contributed by atoms with van der Waals surface area (Å²) in [5, 5.41) is 2.57. The first kappa shape index (κ1) is 18.4. The van der Waals surface area contributed by atoms with Gasteiger partial charge in [-0.3, -0.25) is 9.59 Å². The summed E-state index contributed by atoms with van der Waals surface area (Å²) in [6, 6.07) is 4.21. The fraction of sp³-hybridized carbons (Fsp3) is 0.500. The first-order valence-corrected chi connectivity index (χ1v) is 9.18. The number of sulfonamides is 1. The fourth-order valence-corrected chi connectivity index (χ4v) is 4.07. The lowest BCUT2D eigenvalue weighted by Crippen LogP contribution is -2.38. The van der Waals surface area contributed by atoms with E-state index in [1.54, 1.807) is 19.1 Å². The second-order valence-electron chi connectivity index (χ2n) is 6.01. The zero-order chi connectivity index (χ0) is 17.9. The Morgan fingerprint density at radius 2 is 2.00 bits per heavy atom. The highest BCUT2D eigenvalue weighted by Crippen LogP contribution is 2.35. The molecule has 0 aliphatic heterocycles. The van der Waals surface area contributed by atoms with Crippen molar-refractivity contribution in [1.82, 2.24) is 4.72 Å². The van der Waals surface area contributed by atoms with Gasteiger partial charge < -0.3 is 10.1 Å². The summed E-state index contributed by atoms with van der Waals surface area (Å²) in [5.41, 5.74) is 0.966. The molecule has 0 heterocycles. The van der Waals surface area contributed by atoms with Crippen LogP contribution < -0.4 is 10.0 Å². The molecule has 0 spiro atoms. The van der Waals surface area contributed by atoms with E-state index in [1.165, 1.54) is 20.1 Å². The minimum Gasteiger partial charge on any atom is -0.469 e. The van der Waals surface area contributed by atoms with E-state index in [0.29, 0.717) is 11.3 Å². The quantitative estimate of drug-likeness (QED) is 0.724. The van der Waals surface area contributed by atoms with Crippen molar-refractivity contribution in [2.45, 2.75) is 44.0 Å². The standard InChI is InChI=1S/C16H22N2O5S/c1-10-4-7-13(17-11(2)19)8-15(10)24(21,22)18-14(12-5-6-12)9-16(20)23-3/h4,7-8,12,14,18H,5-6,9H2,1-3H3,(H,17,19). The number of hydrogen-bond acceptors (Lipinski definition) is 5. The van der Waals surface area contributed by atoms with E-state index in [9.17, 15) is 18.0 Å². The number of rotatable bonds is 7.